The Hall–Kier alpha value is -3.39. The van der Waals surface area contributed by atoms with E-state index in [1.54, 1.807) is 4.90 Å². The van der Waals surface area contributed by atoms with Gasteiger partial charge in [-0.25, -0.2) is 4.79 Å². The lowest BCUT2D eigenvalue weighted by Gasteiger charge is -2.20. The molecule has 2 fully saturated rings. The van der Waals surface area contributed by atoms with Gasteiger partial charge in [0.05, 0.1) is 6.10 Å². The molecule has 1 saturated heterocycles. The Morgan fingerprint density at radius 3 is 2.26 bits per heavy atom. The van der Waals surface area contributed by atoms with Gasteiger partial charge in [-0.1, -0.05) is 48.5 Å². The molecule has 4 unspecified atom stereocenters. The highest BCUT2D eigenvalue weighted by atomic mass is 16.5. The maximum Gasteiger partial charge on any atom is 0.407 e. The van der Waals surface area contributed by atoms with Gasteiger partial charge in [0.25, 0.3) is 0 Å². The number of carboxylic acids is 1. The standard InChI is InChI=1S/C27H30N2O6/c1-34-24-14-29(13-22(24)26(31)32)25(30)16-10-11-17(12-16)28-27(33)35-15-23-20-8-4-2-6-18(20)19-7-3-5-9-21(19)23/h2-9,16-17,22-24H,10-15H2,1H3,(H,28,33)(H,31,32). The SMILES string of the molecule is COC1CN(C(=O)C2CCC(NC(=O)OCC3c4ccccc4-c4ccccc43)C2)CC1C(=O)O. The molecule has 4 atom stereocenters. The van der Waals surface area contributed by atoms with Crippen molar-refractivity contribution in [3.8, 4) is 11.1 Å². The maximum absolute atomic E-state index is 13.0. The van der Waals surface area contributed by atoms with Crippen molar-refractivity contribution in [2.24, 2.45) is 11.8 Å². The summed E-state index contributed by atoms with van der Waals surface area (Å²) in [5.41, 5.74) is 4.68. The molecule has 2 aromatic carbocycles. The molecule has 3 aliphatic rings. The van der Waals surface area contributed by atoms with Gasteiger partial charge in [-0.2, -0.15) is 0 Å². The average molecular weight is 479 g/mol. The number of nitrogens with zero attached hydrogens (tertiary/aromatic N) is 1. The lowest BCUT2D eigenvalue weighted by Crippen LogP contribution is -2.37. The zero-order valence-corrected chi connectivity index (χ0v) is 19.7. The number of carbonyl (C=O) groups excluding carboxylic acids is 2. The van der Waals surface area contributed by atoms with Crippen molar-refractivity contribution in [1.82, 2.24) is 10.2 Å². The molecule has 8 heteroatoms. The Bertz CT molecular complexity index is 1090. The average Bonchev–Trinajstić information content (AvgIpc) is 3.58. The number of aliphatic carboxylic acids is 1. The molecule has 1 heterocycles. The van der Waals surface area contributed by atoms with E-state index in [-0.39, 0.29) is 43.5 Å². The predicted octanol–water partition coefficient (Wildman–Crippen LogP) is 3.25. The number of fused-ring (bicyclic) bond motifs is 3. The minimum Gasteiger partial charge on any atom is -0.481 e. The third-order valence-corrected chi connectivity index (χ3v) is 7.65. The summed E-state index contributed by atoms with van der Waals surface area (Å²) in [5.74, 6) is -1.96. The quantitative estimate of drug-likeness (QED) is 0.660. The minimum atomic E-state index is -0.951. The van der Waals surface area contributed by atoms with Crippen LogP contribution in [0, 0.1) is 11.8 Å². The number of likely N-dealkylation sites (tertiary alicyclic amines) is 1. The second kappa shape index (κ2) is 9.70. The van der Waals surface area contributed by atoms with Crippen molar-refractivity contribution in [1.29, 1.82) is 0 Å². The Balaban J connectivity index is 1.14. The first-order valence-electron chi connectivity index (χ1n) is 12.1. The molecule has 0 radical (unpaired) electrons. The number of carbonyl (C=O) groups is 3. The molecule has 0 bridgehead atoms. The van der Waals surface area contributed by atoms with E-state index >= 15 is 0 Å². The fourth-order valence-corrected chi connectivity index (χ4v) is 5.83. The smallest absolute Gasteiger partial charge is 0.407 e. The van der Waals surface area contributed by atoms with E-state index in [9.17, 15) is 19.5 Å². The highest BCUT2D eigenvalue weighted by molar-refractivity contribution is 5.82. The van der Waals surface area contributed by atoms with Gasteiger partial charge in [-0.15, -0.1) is 0 Å². The van der Waals surface area contributed by atoms with Gasteiger partial charge >= 0.3 is 12.1 Å². The second-order valence-electron chi connectivity index (χ2n) is 9.64. The van der Waals surface area contributed by atoms with Gasteiger partial charge in [-0.05, 0) is 41.5 Å². The molecule has 184 valence electrons. The summed E-state index contributed by atoms with van der Waals surface area (Å²) in [7, 11) is 1.47. The van der Waals surface area contributed by atoms with Crippen LogP contribution < -0.4 is 5.32 Å². The molecule has 5 rings (SSSR count). The molecule has 2 aromatic rings. The van der Waals surface area contributed by atoms with E-state index in [1.165, 1.54) is 18.2 Å². The van der Waals surface area contributed by atoms with E-state index in [0.29, 0.717) is 19.3 Å². The van der Waals surface area contributed by atoms with Gasteiger partial charge in [0.2, 0.25) is 5.91 Å². The normalized spacial score (nSPS) is 25.2. The maximum atomic E-state index is 13.0. The topological polar surface area (TPSA) is 105 Å². The van der Waals surface area contributed by atoms with E-state index < -0.39 is 24.1 Å². The van der Waals surface area contributed by atoms with Gasteiger partial charge in [-0.3, -0.25) is 9.59 Å². The van der Waals surface area contributed by atoms with Crippen molar-refractivity contribution in [2.75, 3.05) is 26.8 Å². The van der Waals surface area contributed by atoms with Crippen molar-refractivity contribution < 1.29 is 29.0 Å². The van der Waals surface area contributed by atoms with Crippen LogP contribution in [0.15, 0.2) is 48.5 Å². The number of methoxy groups -OCH3 is 1. The predicted molar refractivity (Wildman–Crippen MR) is 128 cm³/mol. The fraction of sp³-hybridized carbons (Fsp3) is 0.444. The summed E-state index contributed by atoms with van der Waals surface area (Å²) < 4.78 is 10.9. The van der Waals surface area contributed by atoms with Crippen molar-refractivity contribution in [3.63, 3.8) is 0 Å². The number of hydrogen-bond donors (Lipinski definition) is 2. The van der Waals surface area contributed by atoms with Crippen LogP contribution in [-0.4, -0.2) is 66.9 Å². The van der Waals surface area contributed by atoms with Gasteiger partial charge in [0.1, 0.15) is 12.5 Å². The largest absolute Gasteiger partial charge is 0.481 e. The number of rotatable bonds is 6. The van der Waals surface area contributed by atoms with Crippen LogP contribution >= 0.6 is 0 Å². The molecule has 8 nitrogen and oxygen atoms in total. The van der Waals surface area contributed by atoms with Crippen LogP contribution in [0.1, 0.15) is 36.3 Å². The summed E-state index contributed by atoms with van der Waals surface area (Å²) in [5, 5.41) is 12.3. The summed E-state index contributed by atoms with van der Waals surface area (Å²) in [6.45, 7) is 0.693. The molecule has 2 N–H and O–H groups in total. The van der Waals surface area contributed by atoms with Crippen LogP contribution in [0.3, 0.4) is 0 Å². The molecule has 1 aliphatic heterocycles. The van der Waals surface area contributed by atoms with E-state index in [1.807, 2.05) is 24.3 Å². The summed E-state index contributed by atoms with van der Waals surface area (Å²) in [4.78, 5) is 38.6. The lowest BCUT2D eigenvalue weighted by molar-refractivity contribution is -0.144. The molecule has 2 aliphatic carbocycles. The molecule has 0 spiro atoms. The van der Waals surface area contributed by atoms with Crippen LogP contribution in [-0.2, 0) is 19.1 Å². The third kappa shape index (κ3) is 4.50. The first kappa shape index (κ1) is 23.4. The van der Waals surface area contributed by atoms with Crippen molar-refractivity contribution >= 4 is 18.0 Å². The zero-order chi connectivity index (χ0) is 24.5. The third-order valence-electron chi connectivity index (χ3n) is 7.65. The summed E-state index contributed by atoms with van der Waals surface area (Å²) >= 11 is 0. The number of ether oxygens (including phenoxy) is 2. The minimum absolute atomic E-state index is 0.00266. The molecule has 35 heavy (non-hydrogen) atoms. The van der Waals surface area contributed by atoms with Gasteiger partial charge < -0.3 is 24.8 Å². The summed E-state index contributed by atoms with van der Waals surface area (Å²) in [6, 6.07) is 16.2. The Morgan fingerprint density at radius 1 is 1.00 bits per heavy atom. The molecule has 1 saturated carbocycles. The highest BCUT2D eigenvalue weighted by Crippen LogP contribution is 2.44. The second-order valence-corrected chi connectivity index (χ2v) is 9.64. The summed E-state index contributed by atoms with van der Waals surface area (Å²) in [6.07, 6.45) is 0.891. The fourth-order valence-electron chi connectivity index (χ4n) is 5.83. The lowest BCUT2D eigenvalue weighted by atomic mass is 9.98. The van der Waals surface area contributed by atoms with Crippen LogP contribution in [0.4, 0.5) is 4.79 Å². The van der Waals surface area contributed by atoms with Crippen LogP contribution in [0.25, 0.3) is 11.1 Å². The molecular formula is C27H30N2O6. The highest BCUT2D eigenvalue weighted by Gasteiger charge is 2.43. The number of nitrogens with one attached hydrogen (secondary N) is 1. The molecular weight excluding hydrogens is 448 g/mol. The first-order valence-corrected chi connectivity index (χ1v) is 12.1. The van der Waals surface area contributed by atoms with Gasteiger partial charge in [0, 0.05) is 38.1 Å². The number of alkyl carbamates (subject to hydrolysis) is 1. The van der Waals surface area contributed by atoms with E-state index in [4.69, 9.17) is 9.47 Å². The van der Waals surface area contributed by atoms with Gasteiger partial charge in [0.15, 0.2) is 0 Å². The number of amides is 2. The Morgan fingerprint density at radius 2 is 1.66 bits per heavy atom. The number of carboxylic acid groups (broad SMARTS) is 1. The zero-order valence-electron chi connectivity index (χ0n) is 19.7. The first-order chi connectivity index (χ1) is 17.0. The molecule has 0 aromatic heterocycles. The van der Waals surface area contributed by atoms with Crippen molar-refractivity contribution in [2.45, 2.75) is 37.3 Å². The van der Waals surface area contributed by atoms with Crippen LogP contribution in [0.2, 0.25) is 0 Å². The van der Waals surface area contributed by atoms with E-state index in [0.717, 1.165) is 11.1 Å². The monoisotopic (exact) mass is 478 g/mol. The number of benzene rings is 2. The van der Waals surface area contributed by atoms with E-state index in [2.05, 4.69) is 29.6 Å². The molecule has 2 amide bonds. The van der Waals surface area contributed by atoms with Crippen molar-refractivity contribution in [3.05, 3.63) is 59.7 Å². The number of hydrogen-bond acceptors (Lipinski definition) is 5. The Kier molecular flexibility index (Phi) is 6.47. The Labute approximate surface area is 204 Å². The van der Waals surface area contributed by atoms with Crippen LogP contribution in [0.5, 0.6) is 0 Å².